The number of fused-ring (bicyclic) bond motifs is 1. The van der Waals surface area contributed by atoms with Gasteiger partial charge in [-0.05, 0) is 30.5 Å². The fraction of sp³-hybridized carbons (Fsp3) is 0.444. The van der Waals surface area contributed by atoms with E-state index in [4.69, 9.17) is 11.6 Å². The number of aliphatic imine (C=N–C) groups is 1. The number of carboxylic acid groups (broad SMARTS) is 1. The number of carbonyl (C=O) groups excluding carboxylic acids is 2. The van der Waals surface area contributed by atoms with Crippen LogP contribution >= 0.6 is 23.4 Å². The number of thioether (sulfide) groups is 1. The number of benzene rings is 1. The van der Waals surface area contributed by atoms with Crippen LogP contribution in [-0.2, 0) is 14.4 Å². The zero-order valence-corrected chi connectivity index (χ0v) is 16.6. The number of hydrogen-bond donors (Lipinski definition) is 3. The van der Waals surface area contributed by atoms with Gasteiger partial charge in [-0.3, -0.25) is 14.9 Å². The zero-order chi connectivity index (χ0) is 20.0. The van der Waals surface area contributed by atoms with Crippen molar-refractivity contribution in [3.8, 4) is 0 Å². The molecule has 0 spiro atoms. The Bertz CT molecular complexity index is 754. The first kappa shape index (κ1) is 21.4. The summed E-state index contributed by atoms with van der Waals surface area (Å²) in [6.07, 6.45) is 0.761. The third kappa shape index (κ3) is 6.64. The van der Waals surface area contributed by atoms with Gasteiger partial charge in [0, 0.05) is 16.3 Å². The number of hydrogen-bond acceptors (Lipinski definition) is 6. The molecule has 0 saturated heterocycles. The molecule has 0 aliphatic carbocycles. The van der Waals surface area contributed by atoms with Crippen molar-refractivity contribution in [2.75, 3.05) is 5.75 Å². The summed E-state index contributed by atoms with van der Waals surface area (Å²) in [5, 5.41) is 15.3. The molecule has 1 amide bonds. The predicted octanol–water partition coefficient (Wildman–Crippen LogP) is 2.64. The Morgan fingerprint density at radius 3 is 2.78 bits per heavy atom. The van der Waals surface area contributed by atoms with Crippen molar-refractivity contribution < 1.29 is 19.5 Å². The highest BCUT2D eigenvalue weighted by Crippen LogP contribution is 2.35. The highest BCUT2D eigenvalue weighted by atomic mass is 35.5. The van der Waals surface area contributed by atoms with Crippen LogP contribution in [0.5, 0.6) is 0 Å². The molecular formula is C18H22ClN3O4S. The fourth-order valence-electron chi connectivity index (χ4n) is 2.61. The van der Waals surface area contributed by atoms with Gasteiger partial charge < -0.3 is 15.2 Å². The molecule has 1 aromatic carbocycles. The second-order valence-corrected chi connectivity index (χ2v) is 8.09. The molecule has 9 heteroatoms. The van der Waals surface area contributed by atoms with Crippen LogP contribution in [0.2, 0.25) is 5.02 Å². The predicted molar refractivity (Wildman–Crippen MR) is 106 cm³/mol. The van der Waals surface area contributed by atoms with Crippen LogP contribution in [0.15, 0.2) is 28.1 Å². The summed E-state index contributed by atoms with van der Waals surface area (Å²) in [4.78, 5) is 40.2. The van der Waals surface area contributed by atoms with E-state index in [0.29, 0.717) is 29.3 Å². The number of nitrogens with one attached hydrogen (secondary N) is 2. The quantitative estimate of drug-likeness (QED) is 0.567. The summed E-state index contributed by atoms with van der Waals surface area (Å²) in [5.41, 5.74) is 0.721. The van der Waals surface area contributed by atoms with E-state index in [9.17, 15) is 19.5 Å². The van der Waals surface area contributed by atoms with E-state index in [2.05, 4.69) is 15.6 Å². The zero-order valence-electron chi connectivity index (χ0n) is 15.1. The van der Waals surface area contributed by atoms with Crippen molar-refractivity contribution in [2.24, 2.45) is 10.9 Å². The number of carbonyl (C=O) groups is 3. The third-order valence-electron chi connectivity index (χ3n) is 3.82. The largest absolute Gasteiger partial charge is 0.480 e. The number of halogens is 1. The van der Waals surface area contributed by atoms with Crippen molar-refractivity contribution in [3.63, 3.8) is 0 Å². The first-order valence-electron chi connectivity index (χ1n) is 8.52. The summed E-state index contributed by atoms with van der Waals surface area (Å²) >= 11 is 7.46. The van der Waals surface area contributed by atoms with Crippen LogP contribution < -0.4 is 10.6 Å². The molecule has 0 saturated carbocycles. The maximum atomic E-state index is 12.3. The van der Waals surface area contributed by atoms with Gasteiger partial charge in [-0.1, -0.05) is 25.4 Å². The molecule has 1 heterocycles. The van der Waals surface area contributed by atoms with Crippen LogP contribution in [0, 0.1) is 5.92 Å². The normalized spacial score (nSPS) is 15.5. The average molecular weight is 412 g/mol. The number of nitrogens with zero attached hydrogens (tertiary/aromatic N) is 1. The fourth-order valence-corrected chi connectivity index (χ4v) is 3.75. The summed E-state index contributed by atoms with van der Waals surface area (Å²) in [7, 11) is 0. The Labute approximate surface area is 167 Å². The molecule has 0 bridgehead atoms. The molecule has 2 rings (SSSR count). The van der Waals surface area contributed by atoms with Gasteiger partial charge in [-0.15, -0.1) is 11.8 Å². The molecule has 0 aromatic heterocycles. The van der Waals surface area contributed by atoms with Crippen molar-refractivity contribution >= 4 is 53.0 Å². The molecular weight excluding hydrogens is 390 g/mol. The molecule has 27 heavy (non-hydrogen) atoms. The Morgan fingerprint density at radius 2 is 2.15 bits per heavy atom. The molecule has 3 N–H and O–H groups in total. The summed E-state index contributed by atoms with van der Waals surface area (Å²) < 4.78 is 0. The van der Waals surface area contributed by atoms with Gasteiger partial charge in [-0.25, -0.2) is 4.99 Å². The van der Waals surface area contributed by atoms with E-state index in [-0.39, 0.29) is 12.3 Å². The molecule has 0 unspecified atom stereocenters. The van der Waals surface area contributed by atoms with Gasteiger partial charge in [0.25, 0.3) is 0 Å². The van der Waals surface area contributed by atoms with Crippen LogP contribution in [-0.4, -0.2) is 46.9 Å². The van der Waals surface area contributed by atoms with E-state index in [0.717, 1.165) is 10.6 Å². The third-order valence-corrected chi connectivity index (χ3v) is 5.11. The van der Waals surface area contributed by atoms with Gasteiger partial charge in [0.2, 0.25) is 5.91 Å². The van der Waals surface area contributed by atoms with Crippen LogP contribution in [0.4, 0.5) is 5.69 Å². The van der Waals surface area contributed by atoms with E-state index in [1.165, 1.54) is 11.8 Å². The Kier molecular flexibility index (Phi) is 7.82. The number of carboxylic acids is 1. The van der Waals surface area contributed by atoms with Crippen molar-refractivity contribution in [1.82, 2.24) is 10.6 Å². The van der Waals surface area contributed by atoms with Crippen LogP contribution in [0.3, 0.4) is 0 Å². The summed E-state index contributed by atoms with van der Waals surface area (Å²) in [6.45, 7) is 3.79. The van der Waals surface area contributed by atoms with E-state index < -0.39 is 24.0 Å². The number of amidine groups is 1. The second-order valence-electron chi connectivity index (χ2n) is 6.64. The maximum Gasteiger partial charge on any atom is 0.320 e. The molecule has 0 radical (unpaired) electrons. The number of amides is 1. The Balaban J connectivity index is 1.96. The Hall–Kier alpha value is -1.90. The number of aliphatic carboxylic acids is 1. The summed E-state index contributed by atoms with van der Waals surface area (Å²) in [5.74, 6) is -0.337. The van der Waals surface area contributed by atoms with E-state index >= 15 is 0 Å². The van der Waals surface area contributed by atoms with Gasteiger partial charge in [-0.2, -0.15) is 0 Å². The lowest BCUT2D eigenvalue weighted by molar-refractivity contribution is -0.140. The van der Waals surface area contributed by atoms with Gasteiger partial charge in [0.05, 0.1) is 17.5 Å². The molecule has 146 valence electrons. The minimum Gasteiger partial charge on any atom is -0.480 e. The molecule has 2 atom stereocenters. The summed E-state index contributed by atoms with van der Waals surface area (Å²) in [6, 6.07) is 3.55. The highest BCUT2D eigenvalue weighted by molar-refractivity contribution is 8.00. The number of rotatable bonds is 8. The van der Waals surface area contributed by atoms with Crippen molar-refractivity contribution in [3.05, 3.63) is 23.2 Å². The first-order valence-corrected chi connectivity index (χ1v) is 9.88. The van der Waals surface area contributed by atoms with Crippen molar-refractivity contribution in [1.29, 1.82) is 0 Å². The SMILES string of the molecule is CC(C)C[C@H](N[C@H](C=O)CC(=O)NC1=Nc2ccc(Cl)cc2SC1)C(=O)O. The number of aldehydes is 1. The van der Waals surface area contributed by atoms with Gasteiger partial charge >= 0.3 is 5.97 Å². The van der Waals surface area contributed by atoms with E-state index in [1.54, 1.807) is 12.1 Å². The monoisotopic (exact) mass is 411 g/mol. The van der Waals surface area contributed by atoms with E-state index in [1.807, 2.05) is 19.9 Å². The Morgan fingerprint density at radius 1 is 1.41 bits per heavy atom. The molecule has 1 aliphatic heterocycles. The highest BCUT2D eigenvalue weighted by Gasteiger charge is 2.24. The molecule has 1 aliphatic rings. The van der Waals surface area contributed by atoms with Crippen LogP contribution in [0.25, 0.3) is 0 Å². The lowest BCUT2D eigenvalue weighted by Gasteiger charge is -2.21. The minimum absolute atomic E-state index is 0.141. The molecule has 7 nitrogen and oxygen atoms in total. The first-order chi connectivity index (χ1) is 12.8. The maximum absolute atomic E-state index is 12.3. The lowest BCUT2D eigenvalue weighted by Crippen LogP contribution is -2.47. The minimum atomic E-state index is -1.04. The average Bonchev–Trinajstić information content (AvgIpc) is 2.60. The van der Waals surface area contributed by atoms with Crippen molar-refractivity contribution in [2.45, 2.75) is 43.7 Å². The standard InChI is InChI=1S/C18H22ClN3O4S/c1-10(2)5-14(18(25)26)20-12(8-23)7-17(24)22-16-9-27-15-6-11(19)3-4-13(15)21-16/h3-4,6,8,10,12,14,20H,5,7,9H2,1-2H3,(H,25,26)(H,21,22,24)/t12-,14-/m0/s1. The van der Waals surface area contributed by atoms with Gasteiger partial charge in [0.15, 0.2) is 0 Å². The topological polar surface area (TPSA) is 108 Å². The smallest absolute Gasteiger partial charge is 0.320 e. The lowest BCUT2D eigenvalue weighted by atomic mass is 10.0. The molecule has 0 fully saturated rings. The van der Waals surface area contributed by atoms with Crippen LogP contribution in [0.1, 0.15) is 26.7 Å². The van der Waals surface area contributed by atoms with Gasteiger partial charge in [0.1, 0.15) is 18.2 Å². The second kappa shape index (κ2) is 9.87. The molecule has 1 aromatic rings.